The van der Waals surface area contributed by atoms with Gasteiger partial charge in [0.2, 0.25) is 0 Å². The summed E-state index contributed by atoms with van der Waals surface area (Å²) in [5.41, 5.74) is 2.28. The van der Waals surface area contributed by atoms with Gasteiger partial charge in [0.15, 0.2) is 10.5 Å². The van der Waals surface area contributed by atoms with Gasteiger partial charge in [0.25, 0.3) is 5.91 Å². The summed E-state index contributed by atoms with van der Waals surface area (Å²) >= 11 is 1.46. The highest BCUT2D eigenvalue weighted by Crippen LogP contribution is 2.26. The second-order valence-electron chi connectivity index (χ2n) is 5.38. The number of para-hydroxylation sites is 1. The van der Waals surface area contributed by atoms with E-state index in [1.807, 2.05) is 50.6 Å². The van der Waals surface area contributed by atoms with Crippen LogP contribution < -0.4 is 9.54 Å². The highest BCUT2D eigenvalue weighted by molar-refractivity contribution is 7.16. The predicted molar refractivity (Wildman–Crippen MR) is 94.5 cm³/mol. The van der Waals surface area contributed by atoms with Crippen LogP contribution in [0.2, 0.25) is 0 Å². The summed E-state index contributed by atoms with van der Waals surface area (Å²) in [4.78, 5) is 17.4. The molecule has 0 fully saturated rings. The predicted octanol–water partition coefficient (Wildman–Crippen LogP) is 2.90. The SMILES string of the molecule is CCOc1cccc2sc(=NC(=O)c3cc(C)n(CC)n3)n(C)c12. The number of fused-ring (bicyclic) bond motifs is 1. The van der Waals surface area contributed by atoms with Crippen molar-refractivity contribution < 1.29 is 9.53 Å². The summed E-state index contributed by atoms with van der Waals surface area (Å²) in [6.45, 7) is 7.20. The van der Waals surface area contributed by atoms with E-state index in [4.69, 9.17) is 4.74 Å². The fourth-order valence-electron chi connectivity index (χ4n) is 2.63. The third-order valence-electron chi connectivity index (χ3n) is 3.78. The maximum absolute atomic E-state index is 12.5. The maximum Gasteiger partial charge on any atom is 0.300 e. The molecule has 2 aromatic heterocycles. The zero-order valence-corrected chi connectivity index (χ0v) is 15.1. The minimum absolute atomic E-state index is 0.328. The summed E-state index contributed by atoms with van der Waals surface area (Å²) in [6, 6.07) is 7.65. The molecule has 0 saturated carbocycles. The molecule has 0 aliphatic rings. The molecule has 1 amide bonds. The van der Waals surface area contributed by atoms with Crippen LogP contribution in [-0.4, -0.2) is 26.9 Å². The maximum atomic E-state index is 12.5. The Morgan fingerprint density at radius 3 is 2.83 bits per heavy atom. The summed E-state index contributed by atoms with van der Waals surface area (Å²) in [5.74, 6) is 0.471. The van der Waals surface area contributed by atoms with Crippen LogP contribution in [0.25, 0.3) is 10.2 Å². The van der Waals surface area contributed by atoms with Gasteiger partial charge in [0.1, 0.15) is 11.3 Å². The molecule has 0 N–H and O–H groups in total. The zero-order valence-electron chi connectivity index (χ0n) is 14.2. The topological polar surface area (TPSA) is 61.4 Å². The number of nitrogens with zero attached hydrogens (tertiary/aromatic N) is 4. The molecule has 0 saturated heterocycles. The normalized spacial score (nSPS) is 12.1. The first-order valence-electron chi connectivity index (χ1n) is 7.90. The largest absolute Gasteiger partial charge is 0.492 e. The van der Waals surface area contributed by atoms with Gasteiger partial charge in [0.05, 0.1) is 11.3 Å². The Balaban J connectivity index is 2.08. The van der Waals surface area contributed by atoms with E-state index in [1.165, 1.54) is 11.3 Å². The van der Waals surface area contributed by atoms with Crippen molar-refractivity contribution in [1.29, 1.82) is 0 Å². The van der Waals surface area contributed by atoms with Crippen LogP contribution in [0.5, 0.6) is 5.75 Å². The Labute approximate surface area is 144 Å². The van der Waals surface area contributed by atoms with E-state index in [9.17, 15) is 4.79 Å². The lowest BCUT2D eigenvalue weighted by molar-refractivity contribution is 0.0992. The van der Waals surface area contributed by atoms with Crippen molar-refractivity contribution in [2.75, 3.05) is 6.61 Å². The Morgan fingerprint density at radius 1 is 1.38 bits per heavy atom. The molecular formula is C17H20N4O2S. The van der Waals surface area contributed by atoms with Crippen molar-refractivity contribution in [2.24, 2.45) is 12.0 Å². The average Bonchev–Trinajstić information content (AvgIpc) is 3.09. The number of amides is 1. The summed E-state index contributed by atoms with van der Waals surface area (Å²) < 4.78 is 10.4. The molecule has 0 spiro atoms. The molecule has 0 aliphatic heterocycles. The number of ether oxygens (including phenoxy) is 1. The van der Waals surface area contributed by atoms with Gasteiger partial charge in [0, 0.05) is 19.3 Å². The van der Waals surface area contributed by atoms with Crippen LogP contribution in [0.3, 0.4) is 0 Å². The Hall–Kier alpha value is -2.41. The smallest absolute Gasteiger partial charge is 0.300 e. The monoisotopic (exact) mass is 344 g/mol. The van der Waals surface area contributed by atoms with E-state index in [0.717, 1.165) is 28.2 Å². The molecular weight excluding hydrogens is 324 g/mol. The summed E-state index contributed by atoms with van der Waals surface area (Å²) in [5, 5.41) is 4.30. The fraction of sp³-hybridized carbons (Fsp3) is 0.353. The van der Waals surface area contributed by atoms with Crippen molar-refractivity contribution in [3.8, 4) is 5.75 Å². The number of aromatic nitrogens is 3. The molecule has 0 bridgehead atoms. The van der Waals surface area contributed by atoms with Gasteiger partial charge in [-0.1, -0.05) is 17.4 Å². The summed E-state index contributed by atoms with van der Waals surface area (Å²) in [6.07, 6.45) is 0. The third kappa shape index (κ3) is 2.87. The van der Waals surface area contributed by atoms with E-state index < -0.39 is 0 Å². The number of hydrogen-bond acceptors (Lipinski definition) is 4. The van der Waals surface area contributed by atoms with Gasteiger partial charge in [-0.05, 0) is 39.0 Å². The molecule has 1 aromatic carbocycles. The minimum atomic E-state index is -0.328. The van der Waals surface area contributed by atoms with Crippen LogP contribution >= 0.6 is 11.3 Å². The number of aryl methyl sites for hydroxylation is 3. The first kappa shape index (κ1) is 16.4. The molecule has 2 heterocycles. The van der Waals surface area contributed by atoms with Gasteiger partial charge in [-0.3, -0.25) is 9.48 Å². The lowest BCUT2D eigenvalue weighted by Crippen LogP contribution is -2.14. The van der Waals surface area contributed by atoms with Crippen LogP contribution in [0.1, 0.15) is 30.0 Å². The van der Waals surface area contributed by atoms with Crippen LogP contribution in [0.15, 0.2) is 29.3 Å². The van der Waals surface area contributed by atoms with Crippen LogP contribution in [-0.2, 0) is 13.6 Å². The van der Waals surface area contributed by atoms with Crippen LogP contribution in [0, 0.1) is 6.92 Å². The van der Waals surface area contributed by atoms with Crippen molar-refractivity contribution in [2.45, 2.75) is 27.3 Å². The number of carbonyl (C=O) groups is 1. The van der Waals surface area contributed by atoms with Gasteiger partial charge in [-0.15, -0.1) is 0 Å². The number of thiazole rings is 1. The zero-order chi connectivity index (χ0) is 17.3. The highest BCUT2D eigenvalue weighted by atomic mass is 32.1. The fourth-order valence-corrected chi connectivity index (χ4v) is 3.66. The molecule has 3 rings (SSSR count). The number of carbonyl (C=O) groups excluding carboxylic acids is 1. The molecule has 0 aliphatic carbocycles. The van der Waals surface area contributed by atoms with Crippen molar-refractivity contribution in [1.82, 2.24) is 14.3 Å². The highest BCUT2D eigenvalue weighted by Gasteiger charge is 2.13. The Bertz CT molecular complexity index is 965. The van der Waals surface area contributed by atoms with Crippen LogP contribution in [0.4, 0.5) is 0 Å². The van der Waals surface area contributed by atoms with Gasteiger partial charge < -0.3 is 9.30 Å². The molecule has 24 heavy (non-hydrogen) atoms. The van der Waals surface area contributed by atoms with E-state index in [1.54, 1.807) is 10.7 Å². The van der Waals surface area contributed by atoms with Gasteiger partial charge in [-0.2, -0.15) is 10.1 Å². The standard InChI is InChI=1S/C17H20N4O2S/c1-5-21-11(3)10-12(19-21)16(22)18-17-20(4)15-13(23-6-2)8-7-9-14(15)24-17/h7-10H,5-6H2,1-4H3. The molecule has 6 nitrogen and oxygen atoms in total. The molecule has 0 radical (unpaired) electrons. The number of benzene rings is 1. The first-order valence-corrected chi connectivity index (χ1v) is 8.71. The number of rotatable bonds is 4. The van der Waals surface area contributed by atoms with E-state index >= 15 is 0 Å². The second kappa shape index (κ2) is 6.60. The van der Waals surface area contributed by atoms with Crippen molar-refractivity contribution in [3.05, 3.63) is 40.5 Å². The van der Waals surface area contributed by atoms with Crippen molar-refractivity contribution in [3.63, 3.8) is 0 Å². The Morgan fingerprint density at radius 2 is 2.17 bits per heavy atom. The number of hydrogen-bond donors (Lipinski definition) is 0. The first-order chi connectivity index (χ1) is 11.5. The lowest BCUT2D eigenvalue weighted by atomic mass is 10.3. The van der Waals surface area contributed by atoms with Crippen molar-refractivity contribution >= 4 is 27.5 Å². The third-order valence-corrected chi connectivity index (χ3v) is 4.88. The molecule has 3 aromatic rings. The average molecular weight is 344 g/mol. The Kier molecular flexibility index (Phi) is 4.53. The van der Waals surface area contributed by atoms with E-state index in [-0.39, 0.29) is 5.91 Å². The molecule has 0 atom stereocenters. The molecule has 126 valence electrons. The van der Waals surface area contributed by atoms with E-state index in [2.05, 4.69) is 10.1 Å². The lowest BCUT2D eigenvalue weighted by Gasteiger charge is -2.05. The van der Waals surface area contributed by atoms with Gasteiger partial charge >= 0.3 is 0 Å². The van der Waals surface area contributed by atoms with Gasteiger partial charge in [-0.25, -0.2) is 0 Å². The quantitative estimate of drug-likeness (QED) is 0.731. The minimum Gasteiger partial charge on any atom is -0.492 e. The molecule has 0 unspecified atom stereocenters. The summed E-state index contributed by atoms with van der Waals surface area (Å²) in [7, 11) is 1.89. The molecule has 7 heteroatoms. The second-order valence-corrected chi connectivity index (χ2v) is 6.39. The van der Waals surface area contributed by atoms with E-state index in [0.29, 0.717) is 17.1 Å².